The molecule has 0 bridgehead atoms. The second kappa shape index (κ2) is 10.7. The van der Waals surface area contributed by atoms with Crippen LogP contribution in [0.3, 0.4) is 0 Å². The van der Waals surface area contributed by atoms with E-state index >= 15 is 0 Å². The van der Waals surface area contributed by atoms with Gasteiger partial charge in [0.25, 0.3) is 0 Å². The van der Waals surface area contributed by atoms with Crippen LogP contribution in [0.1, 0.15) is 31.7 Å². The second-order valence-electron chi connectivity index (χ2n) is 7.92. The quantitative estimate of drug-likeness (QED) is 0.445. The maximum absolute atomic E-state index is 12.5. The smallest absolute Gasteiger partial charge is 0.361 e. The van der Waals surface area contributed by atoms with E-state index in [1.54, 1.807) is 0 Å². The summed E-state index contributed by atoms with van der Waals surface area (Å²) in [6, 6.07) is 8.27. The number of benzene rings is 1. The second-order valence-corrected chi connectivity index (χ2v) is 7.92. The van der Waals surface area contributed by atoms with E-state index in [2.05, 4.69) is 38.9 Å². The van der Waals surface area contributed by atoms with Crippen LogP contribution in [0.25, 0.3) is 10.9 Å². The minimum atomic E-state index is -4.10. The van der Waals surface area contributed by atoms with Gasteiger partial charge < -0.3 is 15.6 Å². The Morgan fingerprint density at radius 2 is 1.97 bits per heavy atom. The summed E-state index contributed by atoms with van der Waals surface area (Å²) >= 11 is 0. The molecule has 2 heterocycles. The number of aromatic nitrogens is 1. The van der Waals surface area contributed by atoms with E-state index in [4.69, 9.17) is 0 Å². The van der Waals surface area contributed by atoms with Crippen molar-refractivity contribution in [2.75, 3.05) is 39.3 Å². The van der Waals surface area contributed by atoms with Gasteiger partial charge in [0.05, 0.1) is 6.54 Å². The zero-order valence-corrected chi connectivity index (χ0v) is 17.6. The fraction of sp³-hybridized carbons (Fsp3) is 0.591. The third-order valence-electron chi connectivity index (χ3n) is 5.62. The van der Waals surface area contributed by atoms with E-state index in [-0.39, 0.29) is 0 Å². The number of halogens is 3. The van der Waals surface area contributed by atoms with Crippen molar-refractivity contribution in [3.05, 3.63) is 36.0 Å². The first-order chi connectivity index (χ1) is 14.4. The Morgan fingerprint density at radius 3 is 2.70 bits per heavy atom. The molecule has 0 unspecified atom stereocenters. The van der Waals surface area contributed by atoms with Crippen molar-refractivity contribution in [2.45, 2.75) is 38.8 Å². The number of guanidine groups is 1. The maximum atomic E-state index is 12.5. The molecule has 3 rings (SSSR count). The monoisotopic (exact) mass is 423 g/mol. The first-order valence-corrected chi connectivity index (χ1v) is 10.8. The predicted molar refractivity (Wildman–Crippen MR) is 116 cm³/mol. The molecule has 0 saturated carbocycles. The Morgan fingerprint density at radius 1 is 1.20 bits per heavy atom. The number of aliphatic imine (C=N–C) groups is 1. The van der Waals surface area contributed by atoms with E-state index < -0.39 is 12.7 Å². The van der Waals surface area contributed by atoms with Crippen molar-refractivity contribution in [3.8, 4) is 0 Å². The van der Waals surface area contributed by atoms with Gasteiger partial charge in [-0.2, -0.15) is 13.2 Å². The average Bonchev–Trinajstić information content (AvgIpc) is 3.11. The summed E-state index contributed by atoms with van der Waals surface area (Å²) in [5.41, 5.74) is 2.42. The van der Waals surface area contributed by atoms with Crippen molar-refractivity contribution < 1.29 is 13.2 Å². The number of aromatic amines is 1. The highest BCUT2D eigenvalue weighted by Crippen LogP contribution is 2.24. The molecule has 1 fully saturated rings. The maximum Gasteiger partial charge on any atom is 0.401 e. The minimum absolute atomic E-state index is 0.451. The zero-order valence-electron chi connectivity index (χ0n) is 17.6. The summed E-state index contributed by atoms with van der Waals surface area (Å²) < 4.78 is 37.5. The minimum Gasteiger partial charge on any atom is -0.361 e. The highest BCUT2D eigenvalue weighted by Gasteiger charge is 2.32. The van der Waals surface area contributed by atoms with Crippen molar-refractivity contribution in [1.29, 1.82) is 0 Å². The molecule has 5 nitrogen and oxygen atoms in total. The van der Waals surface area contributed by atoms with Gasteiger partial charge in [0.2, 0.25) is 0 Å². The number of likely N-dealkylation sites (tertiary alicyclic amines) is 1. The van der Waals surface area contributed by atoms with Crippen molar-refractivity contribution >= 4 is 16.9 Å². The van der Waals surface area contributed by atoms with Crippen LogP contribution in [0.15, 0.2) is 35.5 Å². The molecule has 1 aromatic heterocycles. The van der Waals surface area contributed by atoms with Gasteiger partial charge in [0, 0.05) is 36.7 Å². The molecule has 0 radical (unpaired) electrons. The number of alkyl halides is 3. The van der Waals surface area contributed by atoms with Gasteiger partial charge in [0.15, 0.2) is 5.96 Å². The Labute approximate surface area is 176 Å². The fourth-order valence-electron chi connectivity index (χ4n) is 4.04. The lowest BCUT2D eigenvalue weighted by molar-refractivity contribution is -0.148. The molecule has 0 aliphatic carbocycles. The fourth-order valence-corrected chi connectivity index (χ4v) is 4.04. The number of hydrogen-bond donors (Lipinski definition) is 3. The molecule has 1 aliphatic heterocycles. The normalized spacial score (nSPS) is 16.9. The standard InChI is InChI=1S/C22H32F3N5/c1-2-26-21(28-12-8-18-15-29-20-6-4-3-5-19(18)20)27-11-7-17-9-13-30(14-10-17)16-22(23,24)25/h3-6,15,17,29H,2,7-14,16H2,1H3,(H2,26,27,28). The van der Waals surface area contributed by atoms with Crippen LogP contribution >= 0.6 is 0 Å². The van der Waals surface area contributed by atoms with Gasteiger partial charge in [-0.25, -0.2) is 0 Å². The third-order valence-corrected chi connectivity index (χ3v) is 5.62. The molecule has 0 amide bonds. The summed E-state index contributed by atoms with van der Waals surface area (Å²) in [6.45, 7) is 4.55. The summed E-state index contributed by atoms with van der Waals surface area (Å²) in [5.74, 6) is 1.25. The Kier molecular flexibility index (Phi) is 8.01. The van der Waals surface area contributed by atoms with Gasteiger partial charge in [0.1, 0.15) is 0 Å². The van der Waals surface area contributed by atoms with Gasteiger partial charge in [-0.3, -0.25) is 9.89 Å². The molecule has 0 spiro atoms. The van der Waals surface area contributed by atoms with Crippen LogP contribution in [-0.2, 0) is 6.42 Å². The predicted octanol–water partition coefficient (Wildman–Crippen LogP) is 3.93. The van der Waals surface area contributed by atoms with Gasteiger partial charge in [-0.1, -0.05) is 18.2 Å². The summed E-state index contributed by atoms with van der Waals surface area (Å²) in [6.07, 6.45) is 1.40. The van der Waals surface area contributed by atoms with Gasteiger partial charge in [-0.05, 0) is 63.2 Å². The summed E-state index contributed by atoms with van der Waals surface area (Å²) in [7, 11) is 0. The average molecular weight is 424 g/mol. The molecule has 166 valence electrons. The van der Waals surface area contributed by atoms with E-state index in [1.807, 2.05) is 19.1 Å². The number of nitrogens with zero attached hydrogens (tertiary/aromatic N) is 2. The lowest BCUT2D eigenvalue weighted by Gasteiger charge is -2.32. The Hall–Kier alpha value is -2.22. The SMILES string of the molecule is CCNC(=NCCC1CCN(CC(F)(F)F)CC1)NCCc1c[nH]c2ccccc12. The molecule has 1 aromatic carbocycles. The lowest BCUT2D eigenvalue weighted by atomic mass is 9.93. The Balaban J connectivity index is 1.40. The van der Waals surface area contributed by atoms with Crippen molar-refractivity contribution in [1.82, 2.24) is 20.5 Å². The number of nitrogens with one attached hydrogen (secondary N) is 3. The van der Waals surface area contributed by atoms with Gasteiger partial charge in [-0.15, -0.1) is 0 Å². The number of para-hydroxylation sites is 1. The lowest BCUT2D eigenvalue weighted by Crippen LogP contribution is -2.40. The first-order valence-electron chi connectivity index (χ1n) is 10.8. The van der Waals surface area contributed by atoms with Crippen LogP contribution in [-0.4, -0.2) is 61.3 Å². The third kappa shape index (κ3) is 6.93. The molecule has 0 atom stereocenters. The molecule has 8 heteroatoms. The van der Waals surface area contributed by atoms with E-state index in [0.29, 0.717) is 25.6 Å². The van der Waals surface area contributed by atoms with Crippen molar-refractivity contribution in [3.63, 3.8) is 0 Å². The van der Waals surface area contributed by atoms with Crippen LogP contribution in [0.2, 0.25) is 0 Å². The zero-order chi connectivity index (χ0) is 21.4. The van der Waals surface area contributed by atoms with E-state index in [0.717, 1.165) is 50.2 Å². The molecule has 3 N–H and O–H groups in total. The highest BCUT2D eigenvalue weighted by molar-refractivity contribution is 5.83. The molecule has 1 saturated heterocycles. The van der Waals surface area contributed by atoms with Crippen molar-refractivity contribution in [2.24, 2.45) is 10.9 Å². The number of piperidine rings is 1. The molecule has 1 aliphatic rings. The number of hydrogen-bond acceptors (Lipinski definition) is 2. The Bertz CT molecular complexity index is 806. The highest BCUT2D eigenvalue weighted by atomic mass is 19.4. The number of H-pyrrole nitrogens is 1. The first kappa shape index (κ1) is 22.5. The molecule has 2 aromatic rings. The van der Waals surface area contributed by atoms with E-state index in [9.17, 15) is 13.2 Å². The largest absolute Gasteiger partial charge is 0.401 e. The number of fused-ring (bicyclic) bond motifs is 1. The van der Waals surface area contributed by atoms with Crippen LogP contribution in [0.4, 0.5) is 13.2 Å². The van der Waals surface area contributed by atoms with Crippen LogP contribution in [0.5, 0.6) is 0 Å². The topological polar surface area (TPSA) is 55.5 Å². The molecular weight excluding hydrogens is 391 g/mol. The van der Waals surface area contributed by atoms with Gasteiger partial charge >= 0.3 is 6.18 Å². The summed E-state index contributed by atoms with van der Waals surface area (Å²) in [5, 5.41) is 7.90. The molecule has 30 heavy (non-hydrogen) atoms. The van der Waals surface area contributed by atoms with Crippen LogP contribution in [0, 0.1) is 5.92 Å². The van der Waals surface area contributed by atoms with E-state index in [1.165, 1.54) is 15.8 Å². The van der Waals surface area contributed by atoms with Crippen LogP contribution < -0.4 is 10.6 Å². The summed E-state index contributed by atoms with van der Waals surface area (Å²) in [4.78, 5) is 9.47. The molecular formula is C22H32F3N5. The number of rotatable bonds is 8.